The number of aromatic nitrogens is 3. The summed E-state index contributed by atoms with van der Waals surface area (Å²) in [6.07, 6.45) is -7.83. The van der Waals surface area contributed by atoms with Crippen LogP contribution in [0.2, 0.25) is 0 Å². The molecule has 10 N–H and O–H groups in total. The van der Waals surface area contributed by atoms with Crippen LogP contribution >= 0.6 is 0 Å². The van der Waals surface area contributed by atoms with E-state index in [1.807, 2.05) is 0 Å². The number of carbonyl (C=O) groups is 12. The molecule has 0 radical (unpaired) electrons. The molecule has 2 saturated carbocycles. The number of urea groups is 2. The fraction of sp³-hybridized carbons (Fsp3) is 0.521. The van der Waals surface area contributed by atoms with E-state index >= 15 is 9.59 Å². The Balaban J connectivity index is 0.948. The number of esters is 5. The zero-order valence-electron chi connectivity index (χ0n) is 57.5. The molecule has 31 heteroatoms. The van der Waals surface area contributed by atoms with E-state index in [9.17, 15) is 68.4 Å². The van der Waals surface area contributed by atoms with Crippen LogP contribution in [-0.2, 0) is 79.7 Å². The number of nitrogens with one attached hydrogen (secondary N) is 5. The topological polar surface area (TPSA) is 452 Å². The van der Waals surface area contributed by atoms with Gasteiger partial charge in [-0.2, -0.15) is 0 Å². The van der Waals surface area contributed by atoms with Gasteiger partial charge < -0.3 is 80.5 Å². The second-order valence-corrected chi connectivity index (χ2v) is 26.7. The Morgan fingerprint density at radius 1 is 0.706 bits per heavy atom. The number of aliphatic hydroxyl groups is 2. The summed E-state index contributed by atoms with van der Waals surface area (Å²) in [7, 11) is 0. The number of nitrogens with zero attached hydrogens (tertiary/aromatic N) is 3. The van der Waals surface area contributed by atoms with Crippen molar-refractivity contribution < 1.29 is 111 Å². The van der Waals surface area contributed by atoms with Gasteiger partial charge in [-0.3, -0.25) is 33.4 Å². The molecule has 1 aliphatic heterocycles. The van der Waals surface area contributed by atoms with Gasteiger partial charge in [0.25, 0.3) is 5.91 Å². The van der Waals surface area contributed by atoms with Gasteiger partial charge in [0.15, 0.2) is 17.5 Å². The first-order chi connectivity index (χ1) is 48.4. The van der Waals surface area contributed by atoms with Crippen molar-refractivity contribution in [2.45, 2.75) is 198 Å². The summed E-state index contributed by atoms with van der Waals surface area (Å²) in [6.45, 7) is 8.71. The lowest BCUT2D eigenvalue weighted by Crippen LogP contribution is -2.82. The highest BCUT2D eigenvalue weighted by Crippen LogP contribution is 2.64. The first-order valence-corrected chi connectivity index (χ1v) is 33.8. The number of rotatable bonds is 33. The Hall–Kier alpha value is -10.1. The molecular formula is C71H88N8O23. The number of ketones is 1. The molecule has 13 atom stereocenters. The molecule has 0 unspecified atom stereocenters. The molecular weight excluding hydrogens is 1330 g/mol. The number of aliphatic carboxylic acids is 3. The summed E-state index contributed by atoms with van der Waals surface area (Å²) in [6, 6.07) is 18.0. The molecule has 1 aromatic heterocycles. The van der Waals surface area contributed by atoms with Gasteiger partial charge in [0, 0.05) is 76.3 Å². The van der Waals surface area contributed by atoms with Crippen LogP contribution in [0.5, 0.6) is 0 Å². The van der Waals surface area contributed by atoms with Gasteiger partial charge in [0.05, 0.1) is 35.3 Å². The van der Waals surface area contributed by atoms with Crippen molar-refractivity contribution in [1.29, 1.82) is 0 Å². The molecule has 0 spiro atoms. The Morgan fingerprint density at radius 2 is 1.31 bits per heavy atom. The van der Waals surface area contributed by atoms with Crippen molar-refractivity contribution in [1.82, 2.24) is 41.6 Å². The fourth-order valence-electron chi connectivity index (χ4n) is 14.1. The van der Waals surface area contributed by atoms with Crippen molar-refractivity contribution >= 4 is 71.5 Å². The average molecular weight is 1420 g/mol. The van der Waals surface area contributed by atoms with E-state index < -0.39 is 173 Å². The number of aryl methyl sites for hydroxylation is 2. The number of hydrogen-bond acceptors (Lipinski definition) is 22. The maximum absolute atomic E-state index is 15.9. The van der Waals surface area contributed by atoms with Gasteiger partial charge in [-0.15, -0.1) is 5.10 Å². The first kappa shape index (κ1) is 77.6. The molecule has 102 heavy (non-hydrogen) atoms. The van der Waals surface area contributed by atoms with Gasteiger partial charge in [-0.25, -0.2) is 28.8 Å². The largest absolute Gasteiger partial charge is 0.481 e. The van der Waals surface area contributed by atoms with E-state index in [0.29, 0.717) is 50.0 Å². The number of hydrogen-bond donors (Lipinski definition) is 10. The average Bonchev–Trinajstić information content (AvgIpc) is 0.741. The standard InChI is InChI=1S/C71H88N8O23/c1-40-49(37-71(96)60(101-64(92)45-26-15-9-16-27-45)58-69(6,50(82)36-51-70(58,39-97-51)102-42(3)81)59(86)56(98-41(2)80)54(40)68(71,4)5)99-65(93)57(55(43-22-11-7-12-23-43)76-61(87)44-24-13-8-14-25-44)100-53(85)30-21-28-46-38-79(78-77-46)35-20-10-18-33-72-66(94)73-34-19-17-29-47(62(88)89)74-67(95)75-48(63(90)91)31-32-52(83)84/h7-9,11-16,22-27,38,47-51,55-58,60,82,96H,10,17-21,28-37,39H2,1-6H3,(H,76,87)(H,83,84)(H,88,89)(H,90,91)(H2,72,73,94)(H2,74,75,95)/t47-,48-,49-,50-,51+,55-,56+,57+,58-,60-,69+,70-,71+/m0/s1. The quantitative estimate of drug-likeness (QED) is 0.0135. The Labute approximate surface area is 587 Å². The number of carboxylic acids is 3. The number of benzene rings is 3. The van der Waals surface area contributed by atoms with Crippen LogP contribution in [0.1, 0.15) is 157 Å². The number of aliphatic hydroxyl groups excluding tert-OH is 1. The minimum absolute atomic E-state index is 0.0143. The van der Waals surface area contributed by atoms with Gasteiger partial charge in [0.1, 0.15) is 42.0 Å². The van der Waals surface area contributed by atoms with Gasteiger partial charge in [-0.1, -0.05) is 85.8 Å². The predicted octanol–water partition coefficient (Wildman–Crippen LogP) is 4.61. The van der Waals surface area contributed by atoms with Crippen LogP contribution in [0.25, 0.3) is 0 Å². The number of amides is 5. The lowest BCUT2D eigenvalue weighted by molar-refractivity contribution is -0.346. The van der Waals surface area contributed by atoms with E-state index in [0.717, 1.165) is 13.8 Å². The number of carbonyl (C=O) groups excluding carboxylic acids is 9. The Morgan fingerprint density at radius 3 is 1.90 bits per heavy atom. The smallest absolute Gasteiger partial charge is 0.350 e. The molecule has 2 heterocycles. The van der Waals surface area contributed by atoms with Gasteiger partial charge in [0.2, 0.25) is 6.10 Å². The highest BCUT2D eigenvalue weighted by molar-refractivity contribution is 5.97. The van der Waals surface area contributed by atoms with Crippen LogP contribution in [0.3, 0.4) is 0 Å². The van der Waals surface area contributed by atoms with Crippen LogP contribution in [-0.4, -0.2) is 192 Å². The van der Waals surface area contributed by atoms with Crippen LogP contribution in [0.4, 0.5) is 9.59 Å². The van der Waals surface area contributed by atoms with Crippen LogP contribution in [0, 0.1) is 16.7 Å². The summed E-state index contributed by atoms with van der Waals surface area (Å²) in [5, 5.41) is 75.1. The van der Waals surface area contributed by atoms with E-state index in [1.165, 1.54) is 52.0 Å². The summed E-state index contributed by atoms with van der Waals surface area (Å²) < 4.78 is 38.9. The third-order valence-electron chi connectivity index (χ3n) is 19.5. The van der Waals surface area contributed by atoms with Crippen molar-refractivity contribution in [2.75, 3.05) is 19.7 Å². The van der Waals surface area contributed by atoms with E-state index in [-0.39, 0.29) is 73.9 Å². The summed E-state index contributed by atoms with van der Waals surface area (Å²) >= 11 is 0. The molecule has 550 valence electrons. The zero-order valence-corrected chi connectivity index (χ0v) is 57.5. The second kappa shape index (κ2) is 34.0. The highest BCUT2D eigenvalue weighted by Gasteiger charge is 2.78. The predicted molar refractivity (Wildman–Crippen MR) is 355 cm³/mol. The maximum Gasteiger partial charge on any atom is 0.350 e. The normalized spacial score (nSPS) is 24.3. The molecule has 4 aliphatic rings. The molecule has 4 aromatic rings. The zero-order chi connectivity index (χ0) is 74.3. The minimum atomic E-state index is -2.52. The van der Waals surface area contributed by atoms with E-state index in [4.69, 9.17) is 33.5 Å². The maximum atomic E-state index is 15.9. The van der Waals surface area contributed by atoms with Crippen molar-refractivity contribution in [2.24, 2.45) is 16.7 Å². The number of Topliss-reactive ketones (excluding diaryl/α,β-unsaturated/α-hetero) is 1. The number of ether oxygens (including phenoxy) is 6. The van der Waals surface area contributed by atoms with E-state index in [1.54, 1.807) is 77.6 Å². The van der Waals surface area contributed by atoms with Crippen molar-refractivity contribution in [3.8, 4) is 0 Å². The first-order valence-electron chi connectivity index (χ1n) is 33.8. The number of fused-ring (bicyclic) bond motifs is 5. The van der Waals surface area contributed by atoms with Crippen molar-refractivity contribution in [3.63, 3.8) is 0 Å². The van der Waals surface area contributed by atoms with E-state index in [2.05, 4.69) is 36.9 Å². The molecule has 2 bridgehead atoms. The third-order valence-corrected chi connectivity index (χ3v) is 19.5. The van der Waals surface area contributed by atoms with Crippen LogP contribution < -0.4 is 26.6 Å². The molecule has 1 saturated heterocycles. The molecule has 8 rings (SSSR count). The molecule has 5 amide bonds. The molecule has 31 nitrogen and oxygen atoms in total. The number of carboxylic acid groups (broad SMARTS) is 3. The Kier molecular flexibility index (Phi) is 25.9. The monoisotopic (exact) mass is 1420 g/mol. The van der Waals surface area contributed by atoms with Crippen LogP contribution in [0.15, 0.2) is 108 Å². The summed E-state index contributed by atoms with van der Waals surface area (Å²) in [5.41, 5.74) is -7.30. The highest BCUT2D eigenvalue weighted by atomic mass is 16.6. The van der Waals surface area contributed by atoms with Gasteiger partial charge in [-0.05, 0) is 113 Å². The summed E-state index contributed by atoms with van der Waals surface area (Å²) in [4.78, 5) is 160. The molecule has 3 aliphatic carbocycles. The lowest BCUT2D eigenvalue weighted by Gasteiger charge is -2.67. The number of unbranched alkanes of at least 4 members (excludes halogenated alkanes) is 3. The second-order valence-electron chi connectivity index (χ2n) is 26.7. The minimum Gasteiger partial charge on any atom is -0.481 e. The summed E-state index contributed by atoms with van der Waals surface area (Å²) in [5.74, 6) is -12.3. The lowest BCUT2D eigenvalue weighted by atomic mass is 9.44. The third kappa shape index (κ3) is 18.1. The fourth-order valence-corrected chi connectivity index (χ4v) is 14.1. The van der Waals surface area contributed by atoms with Gasteiger partial charge >= 0.3 is 59.8 Å². The Bertz CT molecular complexity index is 3760. The SMILES string of the molecule is CC(=O)O[C@H]1C(=O)[C@@]2(C)[C@H]([C@H](OC(=O)c3ccccc3)[C@]3(O)C[C@H](OC(=O)[C@H](OC(=O)CCCc4cn(CCCCCNC(=O)NCCCC[C@H](NC(=O)N[C@@H](CCC(=O)O)C(=O)O)C(=O)O)nn4)[C@@H](NC(=O)c4ccccc4)c4ccccc4)C(C)=C1C3(C)C)[C@]1(OC(C)=O)CO[C@@H]1C[C@@H]2O. The van der Waals surface area contributed by atoms with Crippen molar-refractivity contribution in [3.05, 3.63) is 131 Å². The molecule has 3 aromatic carbocycles. The molecule has 3 fully saturated rings.